The van der Waals surface area contributed by atoms with Gasteiger partial charge in [0.25, 0.3) is 5.78 Å². The summed E-state index contributed by atoms with van der Waals surface area (Å²) in [5.74, 6) is 2.12. The Bertz CT molecular complexity index is 566. The average Bonchev–Trinajstić information content (AvgIpc) is 2.97. The summed E-state index contributed by atoms with van der Waals surface area (Å²) in [7, 11) is 3.54. The molecule has 0 aliphatic carbocycles. The Balaban J connectivity index is 2.09. The first-order valence-corrected chi connectivity index (χ1v) is 7.76. The van der Waals surface area contributed by atoms with Gasteiger partial charge in [-0.1, -0.05) is 39.0 Å². The zero-order valence-electron chi connectivity index (χ0n) is 13.2. The molecule has 2 rings (SSSR count). The van der Waals surface area contributed by atoms with Crippen molar-refractivity contribution in [2.45, 2.75) is 51.9 Å². The van der Waals surface area contributed by atoms with Crippen molar-refractivity contribution in [2.75, 3.05) is 19.5 Å². The van der Waals surface area contributed by atoms with Crippen LogP contribution in [0.3, 0.4) is 0 Å². The number of anilines is 1. The monoisotopic (exact) mass is 291 g/mol. The van der Waals surface area contributed by atoms with E-state index in [0.29, 0.717) is 11.7 Å². The van der Waals surface area contributed by atoms with Crippen LogP contribution < -0.4 is 10.1 Å². The summed E-state index contributed by atoms with van der Waals surface area (Å²) in [6.45, 7) is 2.24. The maximum Gasteiger partial charge on any atom is 0.257 e. The Morgan fingerprint density at radius 3 is 2.67 bits per heavy atom. The van der Waals surface area contributed by atoms with Crippen LogP contribution in [0.1, 0.15) is 51.0 Å². The van der Waals surface area contributed by atoms with Crippen molar-refractivity contribution in [3.05, 3.63) is 11.9 Å². The Kier molecular flexibility index (Phi) is 5.78. The molecule has 0 saturated carbocycles. The van der Waals surface area contributed by atoms with Crippen molar-refractivity contribution < 1.29 is 4.74 Å². The van der Waals surface area contributed by atoms with Crippen LogP contribution >= 0.6 is 0 Å². The van der Waals surface area contributed by atoms with Gasteiger partial charge in [-0.25, -0.2) is 0 Å². The third-order valence-corrected chi connectivity index (χ3v) is 3.70. The molecule has 2 aromatic rings. The minimum Gasteiger partial charge on any atom is -0.481 e. The van der Waals surface area contributed by atoms with Crippen LogP contribution in [0, 0.1) is 0 Å². The van der Waals surface area contributed by atoms with Crippen molar-refractivity contribution in [1.82, 2.24) is 19.6 Å². The number of hydrogen-bond donors (Lipinski definition) is 1. The topological polar surface area (TPSA) is 64.3 Å². The summed E-state index contributed by atoms with van der Waals surface area (Å²) >= 11 is 0. The van der Waals surface area contributed by atoms with Crippen LogP contribution in [0.2, 0.25) is 0 Å². The predicted octanol–water partition coefficient (Wildman–Crippen LogP) is 3.08. The second kappa shape index (κ2) is 7.81. The summed E-state index contributed by atoms with van der Waals surface area (Å²) in [6.07, 6.45) is 10.1. The Morgan fingerprint density at radius 2 is 1.95 bits per heavy atom. The molecule has 0 bridgehead atoms. The SMILES string of the molecule is CCCCCCCCc1c(OC)nc2ncnn2c1NC. The number of nitrogens with one attached hydrogen (secondary N) is 1. The van der Waals surface area contributed by atoms with Gasteiger partial charge < -0.3 is 10.1 Å². The van der Waals surface area contributed by atoms with Crippen LogP contribution in [0.25, 0.3) is 5.78 Å². The van der Waals surface area contributed by atoms with E-state index in [4.69, 9.17) is 4.74 Å². The van der Waals surface area contributed by atoms with Crippen molar-refractivity contribution in [3.8, 4) is 5.88 Å². The smallest absolute Gasteiger partial charge is 0.257 e. The van der Waals surface area contributed by atoms with E-state index in [2.05, 4.69) is 27.3 Å². The van der Waals surface area contributed by atoms with Crippen molar-refractivity contribution in [2.24, 2.45) is 0 Å². The van der Waals surface area contributed by atoms with Gasteiger partial charge in [0.05, 0.1) is 12.7 Å². The Labute approximate surface area is 125 Å². The maximum atomic E-state index is 5.43. The van der Waals surface area contributed by atoms with E-state index in [1.165, 1.54) is 38.4 Å². The molecule has 2 aromatic heterocycles. The molecule has 2 heterocycles. The Hall–Kier alpha value is -1.85. The van der Waals surface area contributed by atoms with E-state index in [0.717, 1.165) is 24.2 Å². The molecule has 116 valence electrons. The van der Waals surface area contributed by atoms with E-state index in [-0.39, 0.29) is 0 Å². The van der Waals surface area contributed by atoms with E-state index in [1.807, 2.05) is 7.05 Å². The lowest BCUT2D eigenvalue weighted by molar-refractivity contribution is 0.391. The van der Waals surface area contributed by atoms with Gasteiger partial charge in [0.1, 0.15) is 12.1 Å². The average molecular weight is 291 g/mol. The zero-order valence-corrected chi connectivity index (χ0v) is 13.2. The van der Waals surface area contributed by atoms with Gasteiger partial charge in [-0.2, -0.15) is 19.6 Å². The normalized spacial score (nSPS) is 11.0. The number of fused-ring (bicyclic) bond motifs is 1. The van der Waals surface area contributed by atoms with Crippen LogP contribution in [0.4, 0.5) is 5.82 Å². The van der Waals surface area contributed by atoms with Gasteiger partial charge in [0.15, 0.2) is 0 Å². The highest BCUT2D eigenvalue weighted by Crippen LogP contribution is 2.26. The second-order valence-corrected chi connectivity index (χ2v) is 5.19. The number of unbranched alkanes of at least 4 members (excludes halogenated alkanes) is 5. The summed E-state index contributed by atoms with van der Waals surface area (Å²) in [4.78, 5) is 8.55. The molecule has 0 saturated heterocycles. The molecule has 0 aromatic carbocycles. The van der Waals surface area contributed by atoms with Crippen LogP contribution in [0.15, 0.2) is 6.33 Å². The molecular formula is C15H25N5O. The van der Waals surface area contributed by atoms with Gasteiger partial charge in [-0.3, -0.25) is 0 Å². The molecule has 1 N–H and O–H groups in total. The molecule has 0 aliphatic rings. The van der Waals surface area contributed by atoms with Crippen LogP contribution in [0.5, 0.6) is 5.88 Å². The molecule has 0 unspecified atom stereocenters. The number of ether oxygens (including phenoxy) is 1. The molecule has 0 spiro atoms. The highest BCUT2D eigenvalue weighted by atomic mass is 16.5. The summed E-state index contributed by atoms with van der Waals surface area (Å²) < 4.78 is 7.16. The number of methoxy groups -OCH3 is 1. The Morgan fingerprint density at radius 1 is 1.19 bits per heavy atom. The highest BCUT2D eigenvalue weighted by Gasteiger charge is 2.16. The van der Waals surface area contributed by atoms with Gasteiger partial charge in [0.2, 0.25) is 5.88 Å². The van der Waals surface area contributed by atoms with Gasteiger partial charge in [-0.05, 0) is 12.8 Å². The van der Waals surface area contributed by atoms with Gasteiger partial charge in [-0.15, -0.1) is 0 Å². The third-order valence-electron chi connectivity index (χ3n) is 3.70. The molecule has 0 radical (unpaired) electrons. The van der Waals surface area contributed by atoms with Crippen molar-refractivity contribution in [3.63, 3.8) is 0 Å². The lowest BCUT2D eigenvalue weighted by atomic mass is 10.1. The maximum absolute atomic E-state index is 5.43. The fourth-order valence-electron chi connectivity index (χ4n) is 2.59. The van der Waals surface area contributed by atoms with Crippen molar-refractivity contribution >= 4 is 11.6 Å². The van der Waals surface area contributed by atoms with E-state index in [9.17, 15) is 0 Å². The van der Waals surface area contributed by atoms with E-state index in [1.54, 1.807) is 11.6 Å². The fourth-order valence-corrected chi connectivity index (χ4v) is 2.59. The van der Waals surface area contributed by atoms with Gasteiger partial charge in [0, 0.05) is 7.05 Å². The molecular weight excluding hydrogens is 266 g/mol. The lowest BCUT2D eigenvalue weighted by Crippen LogP contribution is -2.08. The zero-order chi connectivity index (χ0) is 15.1. The molecule has 0 fully saturated rings. The van der Waals surface area contributed by atoms with Crippen LogP contribution in [-0.2, 0) is 6.42 Å². The molecule has 0 aliphatic heterocycles. The first-order chi connectivity index (χ1) is 10.3. The van der Waals surface area contributed by atoms with E-state index >= 15 is 0 Å². The summed E-state index contributed by atoms with van der Waals surface area (Å²) in [5, 5.41) is 7.42. The number of aromatic nitrogens is 4. The quantitative estimate of drug-likeness (QED) is 0.719. The third kappa shape index (κ3) is 3.62. The van der Waals surface area contributed by atoms with E-state index < -0.39 is 0 Å². The molecule has 0 atom stereocenters. The minimum atomic E-state index is 0.558. The largest absolute Gasteiger partial charge is 0.481 e. The molecule has 6 heteroatoms. The van der Waals surface area contributed by atoms with Gasteiger partial charge >= 0.3 is 0 Å². The molecule has 0 amide bonds. The number of nitrogens with zero attached hydrogens (tertiary/aromatic N) is 4. The predicted molar refractivity (Wildman–Crippen MR) is 84.0 cm³/mol. The van der Waals surface area contributed by atoms with Crippen molar-refractivity contribution in [1.29, 1.82) is 0 Å². The first kappa shape index (κ1) is 15.5. The minimum absolute atomic E-state index is 0.558. The molecule has 6 nitrogen and oxygen atoms in total. The fraction of sp³-hybridized carbons (Fsp3) is 0.667. The first-order valence-electron chi connectivity index (χ1n) is 7.76. The summed E-state index contributed by atoms with van der Waals surface area (Å²) in [5.41, 5.74) is 1.08. The number of rotatable bonds is 9. The lowest BCUT2D eigenvalue weighted by Gasteiger charge is -2.13. The molecule has 21 heavy (non-hydrogen) atoms. The highest BCUT2D eigenvalue weighted by molar-refractivity contribution is 5.55. The second-order valence-electron chi connectivity index (χ2n) is 5.19. The van der Waals surface area contributed by atoms with Crippen LogP contribution in [-0.4, -0.2) is 33.7 Å². The summed E-state index contributed by atoms with van der Waals surface area (Å²) in [6, 6.07) is 0. The standard InChI is InChI=1S/C15H25N5O/c1-4-5-6-7-8-9-10-12-13(16-2)20-15(17-11-18-20)19-14(12)21-3/h11,16H,4-10H2,1-3H3. The number of hydrogen-bond acceptors (Lipinski definition) is 5.